The van der Waals surface area contributed by atoms with Crippen LogP contribution in [0.1, 0.15) is 0 Å². The van der Waals surface area contributed by atoms with Gasteiger partial charge in [0.05, 0.1) is 4.90 Å². The summed E-state index contributed by atoms with van der Waals surface area (Å²) in [7, 11) is -3.74. The first-order chi connectivity index (χ1) is 14.0. The Bertz CT molecular complexity index is 1210. The van der Waals surface area contributed by atoms with E-state index in [0.717, 1.165) is 0 Å². The summed E-state index contributed by atoms with van der Waals surface area (Å²) in [5.74, 6) is 1.35. The van der Waals surface area contributed by atoms with E-state index in [1.54, 1.807) is 71.7 Å². The summed E-state index contributed by atoms with van der Waals surface area (Å²) in [6.45, 7) is 0. The van der Waals surface area contributed by atoms with Crippen LogP contribution < -0.4 is 9.46 Å². The molecule has 0 amide bonds. The van der Waals surface area contributed by atoms with Crippen LogP contribution in [0.15, 0.2) is 84.0 Å². The van der Waals surface area contributed by atoms with Crippen molar-refractivity contribution < 1.29 is 13.2 Å². The lowest BCUT2D eigenvalue weighted by atomic mass is 10.3. The Hall–Kier alpha value is -3.43. The first-order valence-corrected chi connectivity index (χ1v) is 10.3. The number of aromatic nitrogens is 4. The molecule has 0 saturated heterocycles. The van der Waals surface area contributed by atoms with E-state index in [-0.39, 0.29) is 4.90 Å². The summed E-state index contributed by atoms with van der Waals surface area (Å²) in [4.78, 5) is 0.0814. The highest BCUT2D eigenvalue weighted by molar-refractivity contribution is 7.92. The number of nitrogens with one attached hydrogen (secondary N) is 1. The van der Waals surface area contributed by atoms with Crippen molar-refractivity contribution in [1.82, 2.24) is 20.0 Å². The van der Waals surface area contributed by atoms with Gasteiger partial charge in [-0.3, -0.25) is 4.72 Å². The molecule has 0 unspecified atom stereocenters. The molecule has 4 rings (SSSR count). The molecule has 0 spiro atoms. The zero-order valence-corrected chi connectivity index (χ0v) is 16.4. The summed E-state index contributed by atoms with van der Waals surface area (Å²) >= 11 is 5.87. The molecule has 8 nitrogen and oxygen atoms in total. The molecule has 146 valence electrons. The van der Waals surface area contributed by atoms with Crippen molar-refractivity contribution in [3.05, 3.63) is 84.1 Å². The molecule has 0 radical (unpaired) electrons. The van der Waals surface area contributed by atoms with Crippen molar-refractivity contribution >= 4 is 27.3 Å². The second-order valence-corrected chi connectivity index (χ2v) is 7.99. The van der Waals surface area contributed by atoms with Crippen molar-refractivity contribution in [3.63, 3.8) is 0 Å². The van der Waals surface area contributed by atoms with Crippen LogP contribution in [0.2, 0.25) is 5.02 Å². The Morgan fingerprint density at radius 3 is 2.45 bits per heavy atom. The van der Waals surface area contributed by atoms with Crippen LogP contribution in [0.25, 0.3) is 5.82 Å². The highest BCUT2D eigenvalue weighted by atomic mass is 35.5. The predicted octanol–water partition coefficient (Wildman–Crippen LogP) is 3.91. The third kappa shape index (κ3) is 4.53. The summed E-state index contributed by atoms with van der Waals surface area (Å²) in [6, 6.07) is 17.6. The van der Waals surface area contributed by atoms with E-state index in [0.29, 0.717) is 28.2 Å². The van der Waals surface area contributed by atoms with E-state index in [1.807, 2.05) is 0 Å². The molecule has 0 fully saturated rings. The standard InChI is InChI=1S/C19H14ClN5O3S/c20-14-3-1-4-17(13-14)29(26,27)24-15-5-7-16(8-6-15)28-19-10-9-18(22-23-19)25-12-2-11-21-25/h1-13,24H. The van der Waals surface area contributed by atoms with E-state index in [4.69, 9.17) is 16.3 Å². The Labute approximate surface area is 171 Å². The van der Waals surface area contributed by atoms with Crippen molar-refractivity contribution in [2.75, 3.05) is 4.72 Å². The minimum atomic E-state index is -3.74. The predicted molar refractivity (Wildman–Crippen MR) is 108 cm³/mol. The van der Waals surface area contributed by atoms with Crippen LogP contribution in [0.3, 0.4) is 0 Å². The highest BCUT2D eigenvalue weighted by Crippen LogP contribution is 2.24. The lowest BCUT2D eigenvalue weighted by Crippen LogP contribution is -2.12. The molecule has 1 N–H and O–H groups in total. The number of benzene rings is 2. The molecule has 2 heterocycles. The van der Waals surface area contributed by atoms with E-state index >= 15 is 0 Å². The van der Waals surface area contributed by atoms with Gasteiger partial charge in [-0.2, -0.15) is 5.10 Å². The normalized spacial score (nSPS) is 11.2. The summed E-state index contributed by atoms with van der Waals surface area (Å²) in [5.41, 5.74) is 0.387. The van der Waals surface area contributed by atoms with Crippen molar-refractivity contribution in [1.29, 1.82) is 0 Å². The third-order valence-corrected chi connectivity index (χ3v) is 5.41. The SMILES string of the molecule is O=S(=O)(Nc1ccc(Oc2ccc(-n3cccn3)nn2)cc1)c1cccc(Cl)c1. The number of hydrogen-bond acceptors (Lipinski definition) is 6. The van der Waals surface area contributed by atoms with Crippen LogP contribution >= 0.6 is 11.6 Å². The molecule has 29 heavy (non-hydrogen) atoms. The maximum absolute atomic E-state index is 12.4. The summed E-state index contributed by atoms with van der Waals surface area (Å²) in [6.07, 6.45) is 3.40. The maximum atomic E-state index is 12.4. The zero-order valence-electron chi connectivity index (χ0n) is 14.8. The molecule has 10 heteroatoms. The zero-order chi connectivity index (χ0) is 20.3. The fourth-order valence-electron chi connectivity index (χ4n) is 2.45. The second kappa shape index (κ2) is 7.90. The minimum absolute atomic E-state index is 0.0814. The van der Waals surface area contributed by atoms with Gasteiger partial charge in [-0.15, -0.1) is 10.2 Å². The molecule has 0 saturated carbocycles. The van der Waals surface area contributed by atoms with Crippen molar-refractivity contribution in [2.24, 2.45) is 0 Å². The Morgan fingerprint density at radius 1 is 0.966 bits per heavy atom. The third-order valence-electron chi connectivity index (χ3n) is 3.80. The fourth-order valence-corrected chi connectivity index (χ4v) is 3.81. The first kappa shape index (κ1) is 18.9. The minimum Gasteiger partial charge on any atom is -0.438 e. The van der Waals surface area contributed by atoms with E-state index in [9.17, 15) is 8.42 Å². The van der Waals surface area contributed by atoms with Crippen LogP contribution in [0.4, 0.5) is 5.69 Å². The number of anilines is 1. The van der Waals surface area contributed by atoms with Crippen LogP contribution in [-0.4, -0.2) is 28.4 Å². The Kier molecular flexibility index (Phi) is 5.15. The topological polar surface area (TPSA) is 99.0 Å². The number of ether oxygens (including phenoxy) is 1. The smallest absolute Gasteiger partial charge is 0.261 e. The van der Waals surface area contributed by atoms with Crippen LogP contribution in [0.5, 0.6) is 11.6 Å². The number of sulfonamides is 1. The maximum Gasteiger partial charge on any atom is 0.261 e. The van der Waals surface area contributed by atoms with Gasteiger partial charge in [0, 0.05) is 29.2 Å². The van der Waals surface area contributed by atoms with E-state index < -0.39 is 10.0 Å². The van der Waals surface area contributed by atoms with Crippen molar-refractivity contribution in [2.45, 2.75) is 4.90 Å². The average molecular weight is 428 g/mol. The molecule has 2 aromatic carbocycles. The van der Waals surface area contributed by atoms with Gasteiger partial charge in [0.15, 0.2) is 5.82 Å². The molecule has 4 aromatic rings. The Morgan fingerprint density at radius 2 is 1.79 bits per heavy atom. The molecular formula is C19H14ClN5O3S. The van der Waals surface area contributed by atoms with Crippen LogP contribution in [0, 0.1) is 0 Å². The second-order valence-electron chi connectivity index (χ2n) is 5.87. The number of rotatable bonds is 6. The van der Waals surface area contributed by atoms with Gasteiger partial charge < -0.3 is 4.74 Å². The van der Waals surface area contributed by atoms with Gasteiger partial charge in [-0.05, 0) is 54.6 Å². The van der Waals surface area contributed by atoms with E-state index in [2.05, 4.69) is 20.0 Å². The molecule has 0 aliphatic rings. The average Bonchev–Trinajstić information content (AvgIpc) is 3.25. The largest absolute Gasteiger partial charge is 0.438 e. The fraction of sp³-hybridized carbons (Fsp3) is 0. The number of hydrogen-bond donors (Lipinski definition) is 1. The lowest BCUT2D eigenvalue weighted by molar-refractivity contribution is 0.454. The molecule has 2 aromatic heterocycles. The van der Waals surface area contributed by atoms with Crippen molar-refractivity contribution in [3.8, 4) is 17.4 Å². The number of nitrogens with zero attached hydrogens (tertiary/aromatic N) is 4. The van der Waals surface area contributed by atoms with Gasteiger partial charge in [0.2, 0.25) is 5.88 Å². The lowest BCUT2D eigenvalue weighted by Gasteiger charge is -2.09. The molecular weight excluding hydrogens is 414 g/mol. The van der Waals surface area contributed by atoms with Gasteiger partial charge in [0.1, 0.15) is 5.75 Å². The highest BCUT2D eigenvalue weighted by Gasteiger charge is 2.14. The summed E-state index contributed by atoms with van der Waals surface area (Å²) < 4.78 is 34.6. The van der Waals surface area contributed by atoms with Gasteiger partial charge in [-0.25, -0.2) is 13.1 Å². The molecule has 0 aliphatic carbocycles. The summed E-state index contributed by atoms with van der Waals surface area (Å²) in [5, 5.41) is 12.5. The Balaban J connectivity index is 1.44. The monoisotopic (exact) mass is 427 g/mol. The van der Waals surface area contributed by atoms with Gasteiger partial charge in [-0.1, -0.05) is 17.7 Å². The quantitative estimate of drug-likeness (QED) is 0.501. The van der Waals surface area contributed by atoms with E-state index in [1.165, 1.54) is 12.1 Å². The number of halogens is 1. The van der Waals surface area contributed by atoms with Gasteiger partial charge >= 0.3 is 0 Å². The molecule has 0 atom stereocenters. The van der Waals surface area contributed by atoms with Gasteiger partial charge in [0.25, 0.3) is 10.0 Å². The first-order valence-electron chi connectivity index (χ1n) is 8.40. The molecule has 0 aliphatic heterocycles. The molecule has 0 bridgehead atoms. The van der Waals surface area contributed by atoms with Crippen LogP contribution in [-0.2, 0) is 10.0 Å².